The van der Waals surface area contributed by atoms with E-state index in [4.69, 9.17) is 0 Å². The van der Waals surface area contributed by atoms with E-state index < -0.39 is 12.2 Å². The summed E-state index contributed by atoms with van der Waals surface area (Å²) in [5, 5.41) is 0. The average Bonchev–Trinajstić information content (AvgIpc) is 2.49. The van der Waals surface area contributed by atoms with Gasteiger partial charge in [-0.05, 0) is 0 Å². The van der Waals surface area contributed by atoms with Crippen LogP contribution in [0, 0.1) is 0 Å². The molecule has 0 spiro atoms. The molecule has 2 fully saturated rings. The first-order valence-corrected chi connectivity index (χ1v) is 3.83. The number of imide groups is 1. The fourth-order valence-corrected chi connectivity index (χ4v) is 1.74. The van der Waals surface area contributed by atoms with Crippen LogP contribution < -0.4 is 0 Å². The Kier molecular flexibility index (Phi) is 1.37. The average molecular weight is 172 g/mol. The third-order valence-corrected chi connectivity index (χ3v) is 2.40. The Hall–Kier alpha value is -1.13. The Morgan fingerprint density at radius 3 is 2.75 bits per heavy atom. The number of alkyl halides is 1. The first-order chi connectivity index (χ1) is 5.61. The molecule has 0 saturated carbocycles. The number of fused-ring (bicyclic) bond motifs is 1. The molecular weight excluding hydrogens is 163 g/mol. The molecule has 2 atom stereocenters. The van der Waals surface area contributed by atoms with Crippen molar-refractivity contribution in [1.82, 2.24) is 9.80 Å². The van der Waals surface area contributed by atoms with Gasteiger partial charge in [0.15, 0.2) is 0 Å². The maximum atomic E-state index is 12.8. The van der Waals surface area contributed by atoms with Crippen LogP contribution in [0.25, 0.3) is 0 Å². The number of nitrogens with zero attached hydrogens (tertiary/aromatic N) is 2. The highest BCUT2D eigenvalue weighted by atomic mass is 19.1. The lowest BCUT2D eigenvalue weighted by Gasteiger charge is -2.10. The fourth-order valence-electron chi connectivity index (χ4n) is 1.74. The number of rotatable bonds is 0. The SMILES string of the molecule is CN1C(=O)[C@H]2C[C@H](F)CN2C1=O. The number of urea groups is 1. The molecule has 2 aliphatic rings. The van der Waals surface area contributed by atoms with E-state index in [2.05, 4.69) is 0 Å². The van der Waals surface area contributed by atoms with Crippen LogP contribution in [0.4, 0.5) is 9.18 Å². The van der Waals surface area contributed by atoms with E-state index in [1.807, 2.05) is 0 Å². The Balaban J connectivity index is 2.27. The second-order valence-electron chi connectivity index (χ2n) is 3.18. The Morgan fingerprint density at radius 2 is 2.17 bits per heavy atom. The van der Waals surface area contributed by atoms with Crippen LogP contribution in [-0.2, 0) is 4.79 Å². The summed E-state index contributed by atoms with van der Waals surface area (Å²) in [6.45, 7) is 0.0690. The van der Waals surface area contributed by atoms with Gasteiger partial charge in [-0.1, -0.05) is 0 Å². The molecule has 2 heterocycles. The summed E-state index contributed by atoms with van der Waals surface area (Å²) in [5.41, 5.74) is 0. The molecule has 2 rings (SSSR count). The minimum Gasteiger partial charge on any atom is -0.309 e. The summed E-state index contributed by atoms with van der Waals surface area (Å²) in [6.07, 6.45) is -0.869. The summed E-state index contributed by atoms with van der Waals surface area (Å²) in [6, 6.07) is -0.900. The van der Waals surface area contributed by atoms with Crippen molar-refractivity contribution in [3.05, 3.63) is 0 Å². The lowest BCUT2D eigenvalue weighted by atomic mass is 10.2. The van der Waals surface area contributed by atoms with Crippen molar-refractivity contribution in [2.45, 2.75) is 18.6 Å². The van der Waals surface area contributed by atoms with Crippen LogP contribution in [-0.4, -0.2) is 47.5 Å². The zero-order chi connectivity index (χ0) is 8.88. The summed E-state index contributed by atoms with van der Waals surface area (Å²) >= 11 is 0. The highest BCUT2D eigenvalue weighted by Gasteiger charge is 2.49. The predicted molar refractivity (Wildman–Crippen MR) is 38.2 cm³/mol. The van der Waals surface area contributed by atoms with Crippen molar-refractivity contribution >= 4 is 11.9 Å². The van der Waals surface area contributed by atoms with Crippen molar-refractivity contribution in [3.8, 4) is 0 Å². The first kappa shape index (κ1) is 7.52. The number of carbonyl (C=O) groups excluding carboxylic acids is 2. The molecule has 0 aliphatic carbocycles. The van der Waals surface area contributed by atoms with E-state index in [0.717, 1.165) is 4.90 Å². The van der Waals surface area contributed by atoms with Gasteiger partial charge in [0.1, 0.15) is 12.2 Å². The van der Waals surface area contributed by atoms with E-state index in [-0.39, 0.29) is 24.9 Å². The van der Waals surface area contributed by atoms with E-state index in [1.54, 1.807) is 0 Å². The van der Waals surface area contributed by atoms with Crippen LogP contribution in [0.3, 0.4) is 0 Å². The quantitative estimate of drug-likeness (QED) is 0.482. The molecule has 5 heteroatoms. The van der Waals surface area contributed by atoms with Gasteiger partial charge in [0.2, 0.25) is 0 Å². The van der Waals surface area contributed by atoms with Crippen LogP contribution >= 0.6 is 0 Å². The Labute approximate surface area is 68.9 Å². The number of hydrogen-bond acceptors (Lipinski definition) is 2. The Bertz CT molecular complexity index is 232. The van der Waals surface area contributed by atoms with Gasteiger partial charge in [-0.25, -0.2) is 9.18 Å². The van der Waals surface area contributed by atoms with Gasteiger partial charge in [-0.3, -0.25) is 9.69 Å². The highest BCUT2D eigenvalue weighted by molar-refractivity contribution is 6.04. The summed E-state index contributed by atoms with van der Waals surface area (Å²) in [7, 11) is 1.43. The van der Waals surface area contributed by atoms with Gasteiger partial charge >= 0.3 is 6.03 Å². The molecule has 4 nitrogen and oxygen atoms in total. The number of carbonyl (C=O) groups is 2. The second kappa shape index (κ2) is 2.18. The summed E-state index contributed by atoms with van der Waals surface area (Å²) in [4.78, 5) is 24.8. The van der Waals surface area contributed by atoms with Gasteiger partial charge in [0.25, 0.3) is 5.91 Å². The van der Waals surface area contributed by atoms with Gasteiger partial charge < -0.3 is 4.90 Å². The zero-order valence-electron chi connectivity index (χ0n) is 6.66. The molecule has 0 aromatic rings. The summed E-state index contributed by atoms with van der Waals surface area (Å²) < 4.78 is 12.8. The molecule has 0 N–H and O–H groups in total. The first-order valence-electron chi connectivity index (χ1n) is 3.83. The molecule has 2 aliphatic heterocycles. The number of amides is 3. The highest BCUT2D eigenvalue weighted by Crippen LogP contribution is 2.27. The number of likely N-dealkylation sites (N-methyl/N-ethyl adjacent to an activating group) is 1. The van der Waals surface area contributed by atoms with Crippen LogP contribution in [0.1, 0.15) is 6.42 Å². The van der Waals surface area contributed by atoms with Crippen molar-refractivity contribution in [2.75, 3.05) is 13.6 Å². The molecule has 0 radical (unpaired) electrons. The smallest absolute Gasteiger partial charge is 0.309 e. The van der Waals surface area contributed by atoms with Crippen molar-refractivity contribution in [3.63, 3.8) is 0 Å². The fraction of sp³-hybridized carbons (Fsp3) is 0.714. The molecule has 3 amide bonds. The predicted octanol–water partition coefficient (Wildman–Crippen LogP) is -0.00920. The lowest BCUT2D eigenvalue weighted by Crippen LogP contribution is -2.31. The molecule has 0 aromatic carbocycles. The second-order valence-corrected chi connectivity index (χ2v) is 3.18. The molecule has 0 unspecified atom stereocenters. The third kappa shape index (κ3) is 0.761. The van der Waals surface area contributed by atoms with E-state index in [0.29, 0.717) is 0 Å². The maximum absolute atomic E-state index is 12.8. The van der Waals surface area contributed by atoms with E-state index in [1.165, 1.54) is 11.9 Å². The van der Waals surface area contributed by atoms with Crippen LogP contribution in [0.2, 0.25) is 0 Å². The number of halogens is 1. The zero-order valence-corrected chi connectivity index (χ0v) is 6.66. The monoisotopic (exact) mass is 172 g/mol. The minimum atomic E-state index is -1.03. The van der Waals surface area contributed by atoms with Crippen molar-refractivity contribution in [2.24, 2.45) is 0 Å². The van der Waals surface area contributed by atoms with Crippen LogP contribution in [0.15, 0.2) is 0 Å². The van der Waals surface area contributed by atoms with Gasteiger partial charge in [-0.2, -0.15) is 0 Å². The molecule has 2 saturated heterocycles. The standard InChI is InChI=1S/C7H9FN2O2/c1-9-6(11)5-2-4(8)3-10(5)7(9)12/h4-5H,2-3H2,1H3/t4-,5+/m0/s1. The largest absolute Gasteiger partial charge is 0.327 e. The molecule has 0 aromatic heterocycles. The Morgan fingerprint density at radius 1 is 1.50 bits per heavy atom. The topological polar surface area (TPSA) is 40.6 Å². The summed E-state index contributed by atoms with van der Waals surface area (Å²) in [5.74, 6) is -0.278. The van der Waals surface area contributed by atoms with Gasteiger partial charge in [-0.15, -0.1) is 0 Å². The molecule has 66 valence electrons. The molecule has 12 heavy (non-hydrogen) atoms. The molecule has 0 bridgehead atoms. The lowest BCUT2D eigenvalue weighted by molar-refractivity contribution is -0.127. The van der Waals surface area contributed by atoms with Crippen molar-refractivity contribution in [1.29, 1.82) is 0 Å². The van der Waals surface area contributed by atoms with Gasteiger partial charge in [0, 0.05) is 13.5 Å². The van der Waals surface area contributed by atoms with E-state index >= 15 is 0 Å². The maximum Gasteiger partial charge on any atom is 0.327 e. The van der Waals surface area contributed by atoms with Gasteiger partial charge in [0.05, 0.1) is 6.54 Å². The molecular formula is C7H9FN2O2. The number of hydrogen-bond donors (Lipinski definition) is 0. The van der Waals surface area contributed by atoms with Crippen LogP contribution in [0.5, 0.6) is 0 Å². The third-order valence-electron chi connectivity index (χ3n) is 2.40. The minimum absolute atomic E-state index is 0.0690. The van der Waals surface area contributed by atoms with E-state index in [9.17, 15) is 14.0 Å². The van der Waals surface area contributed by atoms with Crippen molar-refractivity contribution < 1.29 is 14.0 Å². The normalized spacial score (nSPS) is 34.8.